The fourth-order valence-electron chi connectivity index (χ4n) is 3.68. The Morgan fingerprint density at radius 2 is 1.81 bits per heavy atom. The Morgan fingerprint density at radius 1 is 1.07 bits per heavy atom. The number of aliphatic hydroxyl groups is 1. The summed E-state index contributed by atoms with van der Waals surface area (Å²) in [6, 6.07) is 18.6. The molecule has 0 saturated carbocycles. The number of nitrogens with one attached hydrogen (secondary N) is 1. The Morgan fingerprint density at radius 3 is 2.56 bits per heavy atom. The SMILES string of the molecule is Cc1ccc(CNCC2(O)CCCN(CCCc3ccccc3)C2=O)cc1. The summed E-state index contributed by atoms with van der Waals surface area (Å²) >= 11 is 0. The molecule has 0 aromatic heterocycles. The molecule has 0 bridgehead atoms. The molecule has 4 heteroatoms. The van der Waals surface area contributed by atoms with Gasteiger partial charge in [-0.2, -0.15) is 0 Å². The summed E-state index contributed by atoms with van der Waals surface area (Å²) in [5.74, 6) is -0.127. The molecule has 4 nitrogen and oxygen atoms in total. The summed E-state index contributed by atoms with van der Waals surface area (Å²) in [5, 5.41) is 14.2. The average Bonchev–Trinajstić information content (AvgIpc) is 2.68. The molecule has 1 aliphatic heterocycles. The molecule has 1 heterocycles. The van der Waals surface area contributed by atoms with Crippen LogP contribution in [0.25, 0.3) is 0 Å². The lowest BCUT2D eigenvalue weighted by Crippen LogP contribution is -2.58. The van der Waals surface area contributed by atoms with E-state index in [0.717, 1.165) is 31.4 Å². The first-order valence-corrected chi connectivity index (χ1v) is 9.89. The van der Waals surface area contributed by atoms with Gasteiger partial charge in [0, 0.05) is 26.2 Å². The van der Waals surface area contributed by atoms with Gasteiger partial charge in [-0.1, -0.05) is 60.2 Å². The lowest BCUT2D eigenvalue weighted by Gasteiger charge is -2.38. The number of rotatable bonds is 8. The van der Waals surface area contributed by atoms with Gasteiger partial charge in [0.05, 0.1) is 0 Å². The van der Waals surface area contributed by atoms with Crippen molar-refractivity contribution in [1.82, 2.24) is 10.2 Å². The van der Waals surface area contributed by atoms with Gasteiger partial charge in [-0.25, -0.2) is 0 Å². The third-order valence-corrected chi connectivity index (χ3v) is 5.31. The van der Waals surface area contributed by atoms with E-state index in [1.165, 1.54) is 11.1 Å². The fourth-order valence-corrected chi connectivity index (χ4v) is 3.68. The molecule has 27 heavy (non-hydrogen) atoms. The first-order chi connectivity index (χ1) is 13.1. The molecular weight excluding hydrogens is 336 g/mol. The van der Waals surface area contributed by atoms with Crippen molar-refractivity contribution >= 4 is 5.91 Å². The highest BCUT2D eigenvalue weighted by atomic mass is 16.3. The highest BCUT2D eigenvalue weighted by Gasteiger charge is 2.41. The minimum Gasteiger partial charge on any atom is -0.379 e. The maximum Gasteiger partial charge on any atom is 0.255 e. The van der Waals surface area contributed by atoms with Crippen LogP contribution >= 0.6 is 0 Å². The van der Waals surface area contributed by atoms with Crippen molar-refractivity contribution in [1.29, 1.82) is 0 Å². The normalized spacial score (nSPS) is 20.1. The van der Waals surface area contributed by atoms with Crippen molar-refractivity contribution in [3.05, 3.63) is 71.3 Å². The Balaban J connectivity index is 1.47. The van der Waals surface area contributed by atoms with E-state index in [4.69, 9.17) is 0 Å². The van der Waals surface area contributed by atoms with E-state index in [0.29, 0.717) is 26.1 Å². The number of hydrogen-bond acceptors (Lipinski definition) is 3. The van der Waals surface area contributed by atoms with Crippen LogP contribution in [0.4, 0.5) is 0 Å². The third-order valence-electron chi connectivity index (χ3n) is 5.31. The molecule has 1 fully saturated rings. The van der Waals surface area contributed by atoms with Crippen LogP contribution in [-0.4, -0.2) is 41.1 Å². The first-order valence-electron chi connectivity index (χ1n) is 9.89. The summed E-state index contributed by atoms with van der Waals surface area (Å²) in [7, 11) is 0. The molecule has 1 unspecified atom stereocenters. The Hall–Kier alpha value is -2.17. The van der Waals surface area contributed by atoms with Crippen LogP contribution in [0.3, 0.4) is 0 Å². The molecule has 0 aliphatic carbocycles. The van der Waals surface area contributed by atoms with Crippen molar-refractivity contribution in [3.63, 3.8) is 0 Å². The van der Waals surface area contributed by atoms with E-state index in [2.05, 4.69) is 48.6 Å². The smallest absolute Gasteiger partial charge is 0.255 e. The van der Waals surface area contributed by atoms with Crippen LogP contribution in [0.5, 0.6) is 0 Å². The number of piperidine rings is 1. The maximum absolute atomic E-state index is 12.8. The topological polar surface area (TPSA) is 52.6 Å². The number of likely N-dealkylation sites (tertiary alicyclic amines) is 1. The van der Waals surface area contributed by atoms with Gasteiger partial charge in [0.2, 0.25) is 0 Å². The molecular formula is C23H30N2O2. The second-order valence-corrected chi connectivity index (χ2v) is 7.61. The molecule has 1 aliphatic rings. The predicted octanol–water partition coefficient (Wildman–Crippen LogP) is 3.07. The quantitative estimate of drug-likeness (QED) is 0.755. The lowest BCUT2D eigenvalue weighted by molar-refractivity contribution is -0.156. The van der Waals surface area contributed by atoms with Crippen molar-refractivity contribution in [2.45, 2.75) is 44.8 Å². The lowest BCUT2D eigenvalue weighted by atomic mass is 9.91. The van der Waals surface area contributed by atoms with Gasteiger partial charge in [0.15, 0.2) is 5.60 Å². The van der Waals surface area contributed by atoms with E-state index in [1.807, 2.05) is 23.1 Å². The maximum atomic E-state index is 12.8. The number of nitrogens with zero attached hydrogens (tertiary/aromatic N) is 1. The van der Waals surface area contributed by atoms with Gasteiger partial charge in [0.25, 0.3) is 5.91 Å². The van der Waals surface area contributed by atoms with E-state index in [-0.39, 0.29) is 5.91 Å². The Labute approximate surface area is 162 Å². The second-order valence-electron chi connectivity index (χ2n) is 7.61. The summed E-state index contributed by atoms with van der Waals surface area (Å²) in [6.07, 6.45) is 3.25. The summed E-state index contributed by atoms with van der Waals surface area (Å²) in [5.41, 5.74) is 2.39. The van der Waals surface area contributed by atoms with Crippen molar-refractivity contribution in [3.8, 4) is 0 Å². The highest BCUT2D eigenvalue weighted by molar-refractivity contribution is 5.86. The van der Waals surface area contributed by atoms with Crippen LogP contribution < -0.4 is 5.32 Å². The number of carbonyl (C=O) groups is 1. The van der Waals surface area contributed by atoms with Crippen molar-refractivity contribution in [2.75, 3.05) is 19.6 Å². The standard InChI is InChI=1S/C23H30N2O2/c1-19-10-12-21(13-11-19)17-24-18-23(27)14-6-16-25(22(23)26)15-5-9-20-7-3-2-4-8-20/h2-4,7-8,10-13,24,27H,5-6,9,14-18H2,1H3. The van der Waals surface area contributed by atoms with Gasteiger partial charge in [-0.3, -0.25) is 4.79 Å². The van der Waals surface area contributed by atoms with E-state index in [1.54, 1.807) is 0 Å². The van der Waals surface area contributed by atoms with Gasteiger partial charge < -0.3 is 15.3 Å². The molecule has 2 N–H and O–H groups in total. The molecule has 1 amide bonds. The van der Waals surface area contributed by atoms with Gasteiger partial charge in [0.1, 0.15) is 0 Å². The van der Waals surface area contributed by atoms with E-state index in [9.17, 15) is 9.90 Å². The van der Waals surface area contributed by atoms with E-state index >= 15 is 0 Å². The molecule has 1 saturated heterocycles. The average molecular weight is 367 g/mol. The molecule has 3 rings (SSSR count). The molecule has 0 spiro atoms. The second kappa shape index (κ2) is 9.16. The van der Waals surface area contributed by atoms with Crippen LogP contribution in [0, 0.1) is 6.92 Å². The van der Waals surface area contributed by atoms with Crippen LogP contribution in [0.15, 0.2) is 54.6 Å². The summed E-state index contributed by atoms with van der Waals surface area (Å²) < 4.78 is 0. The summed E-state index contributed by atoms with van der Waals surface area (Å²) in [4.78, 5) is 14.6. The molecule has 1 atom stereocenters. The van der Waals surface area contributed by atoms with Crippen LogP contribution in [0.2, 0.25) is 0 Å². The number of hydrogen-bond donors (Lipinski definition) is 2. The highest BCUT2D eigenvalue weighted by Crippen LogP contribution is 2.23. The van der Waals surface area contributed by atoms with Crippen molar-refractivity contribution < 1.29 is 9.90 Å². The zero-order valence-corrected chi connectivity index (χ0v) is 16.2. The molecule has 2 aromatic rings. The zero-order valence-electron chi connectivity index (χ0n) is 16.2. The number of benzene rings is 2. The number of carbonyl (C=O) groups excluding carboxylic acids is 1. The fraction of sp³-hybridized carbons (Fsp3) is 0.435. The van der Waals surface area contributed by atoms with Gasteiger partial charge in [-0.05, 0) is 43.7 Å². The van der Waals surface area contributed by atoms with E-state index < -0.39 is 5.60 Å². The summed E-state index contributed by atoms with van der Waals surface area (Å²) in [6.45, 7) is 4.47. The predicted molar refractivity (Wildman–Crippen MR) is 108 cm³/mol. The number of amides is 1. The van der Waals surface area contributed by atoms with Gasteiger partial charge >= 0.3 is 0 Å². The monoisotopic (exact) mass is 366 g/mol. The largest absolute Gasteiger partial charge is 0.379 e. The minimum absolute atomic E-state index is 0.127. The third kappa shape index (κ3) is 5.41. The first kappa shape index (κ1) is 19.6. The Bertz CT molecular complexity index is 730. The van der Waals surface area contributed by atoms with Crippen molar-refractivity contribution in [2.24, 2.45) is 0 Å². The van der Waals surface area contributed by atoms with Crippen LogP contribution in [0.1, 0.15) is 36.0 Å². The van der Waals surface area contributed by atoms with Gasteiger partial charge in [-0.15, -0.1) is 0 Å². The minimum atomic E-state index is -1.28. The molecule has 2 aromatic carbocycles. The number of aryl methyl sites for hydroxylation is 2. The zero-order chi connectivity index (χ0) is 19.1. The van der Waals surface area contributed by atoms with Crippen LogP contribution in [-0.2, 0) is 17.8 Å². The molecule has 0 radical (unpaired) electrons. The molecule has 144 valence electrons. The Kier molecular flexibility index (Phi) is 6.64.